The Morgan fingerprint density at radius 3 is 2.77 bits per heavy atom. The fourth-order valence-electron chi connectivity index (χ4n) is 4.09. The van der Waals surface area contributed by atoms with Crippen molar-refractivity contribution < 1.29 is 8.68 Å². The van der Waals surface area contributed by atoms with Gasteiger partial charge in [0.1, 0.15) is 11.2 Å². The molecule has 4 aromatic heterocycles. The highest BCUT2D eigenvalue weighted by Crippen LogP contribution is 2.37. The lowest BCUT2D eigenvalue weighted by molar-refractivity contribution is -0.648. The molecule has 0 spiro atoms. The number of para-hydroxylation sites is 1. The maximum absolute atomic E-state index is 8.22. The first kappa shape index (κ1) is 11.2. The average Bonchev–Trinajstić information content (AvgIpc) is 3.34. The number of nitrogens with zero attached hydrogens (tertiary/aromatic N) is 5. The van der Waals surface area contributed by atoms with Gasteiger partial charge >= 0.3 is 0 Å². The van der Waals surface area contributed by atoms with Crippen molar-refractivity contribution in [2.45, 2.75) is 6.54 Å². The third-order valence-corrected chi connectivity index (χ3v) is 5.15. The van der Waals surface area contributed by atoms with Gasteiger partial charge in [-0.1, -0.05) is 18.2 Å². The SMILES string of the molecule is [2H]C([2H])([2H])n1c2cnccc2c2c1[n+]1c(n2-c2ccccc2)-c2ccncc2C1. The number of pyridine rings is 2. The average molecular weight is 341 g/mol. The molecule has 1 aliphatic heterocycles. The summed E-state index contributed by atoms with van der Waals surface area (Å²) in [7, 11) is 0. The zero-order valence-corrected chi connectivity index (χ0v) is 13.8. The van der Waals surface area contributed by atoms with E-state index in [1.807, 2.05) is 48.7 Å². The van der Waals surface area contributed by atoms with Crippen LogP contribution in [0.1, 0.15) is 9.68 Å². The molecule has 0 atom stereocenters. The van der Waals surface area contributed by atoms with Crippen LogP contribution in [0.2, 0.25) is 0 Å². The molecule has 5 aromatic rings. The van der Waals surface area contributed by atoms with Gasteiger partial charge in [0.15, 0.2) is 5.52 Å². The molecular formula is C21H16N5+. The molecule has 0 N–H and O–H groups in total. The van der Waals surface area contributed by atoms with E-state index in [1.54, 1.807) is 18.6 Å². The third kappa shape index (κ3) is 1.57. The minimum absolute atomic E-state index is 0.578. The molecule has 0 aliphatic carbocycles. The maximum atomic E-state index is 8.22. The van der Waals surface area contributed by atoms with Crippen molar-refractivity contribution in [2.24, 2.45) is 6.98 Å². The Morgan fingerprint density at radius 2 is 1.88 bits per heavy atom. The van der Waals surface area contributed by atoms with E-state index < -0.39 is 6.98 Å². The van der Waals surface area contributed by atoms with Crippen molar-refractivity contribution in [3.8, 4) is 17.1 Å². The number of fused-ring (bicyclic) bond motifs is 7. The topological polar surface area (TPSA) is 39.5 Å². The second-order valence-corrected chi connectivity index (χ2v) is 6.51. The Bertz CT molecular complexity index is 1410. The summed E-state index contributed by atoms with van der Waals surface area (Å²) in [6, 6.07) is 13.9. The van der Waals surface area contributed by atoms with Crippen molar-refractivity contribution in [1.82, 2.24) is 19.1 Å². The van der Waals surface area contributed by atoms with Gasteiger partial charge in [-0.2, -0.15) is 0 Å². The molecule has 124 valence electrons. The summed E-state index contributed by atoms with van der Waals surface area (Å²) in [5.74, 6) is 0.968. The molecule has 0 saturated carbocycles. The molecule has 6 rings (SSSR count). The normalized spacial score (nSPS) is 14.8. The van der Waals surface area contributed by atoms with E-state index in [1.165, 1.54) is 4.57 Å². The van der Waals surface area contributed by atoms with Crippen LogP contribution in [0.25, 0.3) is 39.1 Å². The summed E-state index contributed by atoms with van der Waals surface area (Å²) in [5, 5.41) is 0.868. The zero-order valence-electron chi connectivity index (χ0n) is 16.8. The Labute approximate surface area is 154 Å². The number of hydrogen-bond acceptors (Lipinski definition) is 2. The van der Waals surface area contributed by atoms with Gasteiger partial charge in [-0.15, -0.1) is 0 Å². The molecule has 5 heterocycles. The Kier molecular flexibility index (Phi) is 2.06. The van der Waals surface area contributed by atoms with Crippen LogP contribution in [0, 0.1) is 0 Å². The largest absolute Gasteiger partial charge is 0.270 e. The van der Waals surface area contributed by atoms with E-state index >= 15 is 0 Å². The van der Waals surface area contributed by atoms with Crippen LogP contribution in [-0.2, 0) is 13.5 Å². The lowest BCUT2D eigenvalue weighted by atomic mass is 10.1. The fourth-order valence-corrected chi connectivity index (χ4v) is 4.09. The van der Waals surface area contributed by atoms with Gasteiger partial charge in [0.2, 0.25) is 5.82 Å². The minimum atomic E-state index is -2.33. The number of aromatic nitrogens is 5. The highest BCUT2D eigenvalue weighted by molar-refractivity contribution is 6.05. The van der Waals surface area contributed by atoms with E-state index in [0.29, 0.717) is 17.7 Å². The zero-order chi connectivity index (χ0) is 19.8. The Morgan fingerprint density at radius 1 is 1.04 bits per heavy atom. The van der Waals surface area contributed by atoms with Crippen LogP contribution in [0.4, 0.5) is 0 Å². The monoisotopic (exact) mass is 341 g/mol. The van der Waals surface area contributed by atoms with Crippen LogP contribution < -0.4 is 4.57 Å². The summed E-state index contributed by atoms with van der Waals surface area (Å²) in [4.78, 5) is 8.46. The lowest BCUT2D eigenvalue weighted by Gasteiger charge is -2.04. The molecule has 26 heavy (non-hydrogen) atoms. The minimum Gasteiger partial charge on any atom is -0.264 e. The molecule has 0 radical (unpaired) electrons. The van der Waals surface area contributed by atoms with Crippen molar-refractivity contribution in [3.63, 3.8) is 0 Å². The highest BCUT2D eigenvalue weighted by Gasteiger charge is 2.36. The van der Waals surface area contributed by atoms with Gasteiger partial charge in [-0.3, -0.25) is 14.5 Å². The first-order valence-corrected chi connectivity index (χ1v) is 8.47. The molecule has 0 unspecified atom stereocenters. The summed E-state index contributed by atoms with van der Waals surface area (Å²) in [5.41, 5.74) is 5.28. The molecule has 0 amide bonds. The van der Waals surface area contributed by atoms with Gasteiger partial charge in [0, 0.05) is 24.2 Å². The molecule has 0 fully saturated rings. The third-order valence-electron chi connectivity index (χ3n) is 5.15. The fraction of sp³-hybridized carbons (Fsp3) is 0.0952. The first-order chi connectivity index (χ1) is 14.1. The quantitative estimate of drug-likeness (QED) is 0.431. The van der Waals surface area contributed by atoms with E-state index in [9.17, 15) is 0 Å². The number of hydrogen-bond donors (Lipinski definition) is 0. The van der Waals surface area contributed by atoms with Gasteiger partial charge in [-0.05, 0) is 24.3 Å². The molecule has 0 saturated heterocycles. The van der Waals surface area contributed by atoms with Crippen LogP contribution in [0.5, 0.6) is 0 Å². The van der Waals surface area contributed by atoms with E-state index in [0.717, 1.165) is 33.5 Å². The summed E-state index contributed by atoms with van der Waals surface area (Å²) in [6.45, 7) is -1.76. The predicted octanol–water partition coefficient (Wildman–Crippen LogP) is 3.23. The highest BCUT2D eigenvalue weighted by atomic mass is 15.3. The number of benzene rings is 1. The Balaban J connectivity index is 1.89. The van der Waals surface area contributed by atoms with Crippen molar-refractivity contribution in [3.05, 3.63) is 72.8 Å². The molecule has 1 aliphatic rings. The van der Waals surface area contributed by atoms with Crippen LogP contribution in [0.3, 0.4) is 0 Å². The van der Waals surface area contributed by atoms with Crippen LogP contribution in [-0.4, -0.2) is 19.1 Å². The van der Waals surface area contributed by atoms with Gasteiger partial charge in [0.05, 0.1) is 34.8 Å². The van der Waals surface area contributed by atoms with Crippen molar-refractivity contribution in [2.75, 3.05) is 0 Å². The summed E-state index contributed by atoms with van der Waals surface area (Å²) in [6.07, 6.45) is 6.98. The summed E-state index contributed by atoms with van der Waals surface area (Å²) < 4.78 is 30.4. The first-order valence-electron chi connectivity index (χ1n) is 9.97. The predicted molar refractivity (Wildman–Crippen MR) is 100 cm³/mol. The van der Waals surface area contributed by atoms with Gasteiger partial charge in [-0.25, -0.2) is 9.13 Å². The second-order valence-electron chi connectivity index (χ2n) is 6.51. The molecule has 0 bridgehead atoms. The smallest absolute Gasteiger partial charge is 0.264 e. The second kappa shape index (κ2) is 4.79. The number of imidazole rings is 1. The van der Waals surface area contributed by atoms with E-state index in [-0.39, 0.29) is 0 Å². The molecule has 5 heteroatoms. The standard InChI is InChI=1S/C21H16N5/c1-24-18-12-23-10-8-17(18)19-21(24)25-13-14-11-22-9-7-16(14)20(25)26(19)15-5-3-2-4-6-15/h2-12H,13H2,1H3/q+1/i1D3. The van der Waals surface area contributed by atoms with E-state index in [2.05, 4.69) is 19.1 Å². The van der Waals surface area contributed by atoms with Gasteiger partial charge in [0.25, 0.3) is 5.65 Å². The molecule has 5 nitrogen and oxygen atoms in total. The van der Waals surface area contributed by atoms with Crippen molar-refractivity contribution in [1.29, 1.82) is 0 Å². The van der Waals surface area contributed by atoms with Crippen LogP contribution in [0.15, 0.2) is 67.3 Å². The molecular weight excluding hydrogens is 322 g/mol. The summed E-state index contributed by atoms with van der Waals surface area (Å²) >= 11 is 0. The van der Waals surface area contributed by atoms with E-state index in [4.69, 9.17) is 4.11 Å². The number of rotatable bonds is 1. The van der Waals surface area contributed by atoms with Crippen LogP contribution >= 0.6 is 0 Å². The molecule has 1 aromatic carbocycles. The maximum Gasteiger partial charge on any atom is 0.270 e. The Hall–Kier alpha value is -3.47. The van der Waals surface area contributed by atoms with Crippen molar-refractivity contribution >= 4 is 22.1 Å². The van der Waals surface area contributed by atoms with Gasteiger partial charge < -0.3 is 0 Å². The number of aryl methyl sites for hydroxylation is 1. The lowest BCUT2D eigenvalue weighted by Crippen LogP contribution is -2.33.